The lowest BCUT2D eigenvalue weighted by molar-refractivity contribution is 0.349. The molecule has 0 saturated heterocycles. The molecule has 2 N–H and O–H groups in total. The highest BCUT2D eigenvalue weighted by molar-refractivity contribution is 5.35. The first-order chi connectivity index (χ1) is 6.35. The second-order valence-electron chi connectivity index (χ2n) is 4.76. The second-order valence-corrected chi connectivity index (χ2v) is 4.76. The number of rotatable bonds is 2. The van der Waals surface area contributed by atoms with Gasteiger partial charge in [0.2, 0.25) is 0 Å². The zero-order valence-corrected chi connectivity index (χ0v) is 9.89. The summed E-state index contributed by atoms with van der Waals surface area (Å²) in [5, 5.41) is 0. The fourth-order valence-electron chi connectivity index (χ4n) is 1.63. The van der Waals surface area contributed by atoms with Crippen LogP contribution in [0.4, 0.5) is 0 Å². The van der Waals surface area contributed by atoms with Gasteiger partial charge in [-0.1, -0.05) is 37.6 Å². The largest absolute Gasteiger partial charge is 0.321 e. The maximum atomic E-state index is 6.35. The molecule has 0 heterocycles. The van der Waals surface area contributed by atoms with Gasteiger partial charge in [-0.2, -0.15) is 0 Å². The molecule has 0 aliphatic heterocycles. The van der Waals surface area contributed by atoms with Crippen LogP contribution in [0.2, 0.25) is 0 Å². The van der Waals surface area contributed by atoms with Crippen molar-refractivity contribution < 1.29 is 0 Å². The predicted octanol–water partition coefficient (Wildman–Crippen LogP) is 3.13. The van der Waals surface area contributed by atoms with Gasteiger partial charge in [0, 0.05) is 5.54 Å². The molecular formula is C13H21N. The summed E-state index contributed by atoms with van der Waals surface area (Å²) < 4.78 is 0. The molecule has 1 rings (SSSR count). The van der Waals surface area contributed by atoms with Crippen molar-refractivity contribution in [1.82, 2.24) is 0 Å². The van der Waals surface area contributed by atoms with E-state index < -0.39 is 0 Å². The van der Waals surface area contributed by atoms with Gasteiger partial charge in [0.15, 0.2) is 0 Å². The molecule has 1 aromatic carbocycles. The van der Waals surface area contributed by atoms with Gasteiger partial charge in [-0.25, -0.2) is 0 Å². The minimum Gasteiger partial charge on any atom is -0.321 e. The summed E-state index contributed by atoms with van der Waals surface area (Å²) in [6.45, 7) is 10.7. The number of benzene rings is 1. The average molecular weight is 191 g/mol. The standard InChI is InChI=1S/C13H21N/c1-9(2)13(5,14)12-8-10(3)6-7-11(12)4/h6-9H,14H2,1-5H3. The van der Waals surface area contributed by atoms with E-state index in [1.54, 1.807) is 0 Å². The van der Waals surface area contributed by atoms with Crippen molar-refractivity contribution in [2.24, 2.45) is 11.7 Å². The smallest absolute Gasteiger partial charge is 0.0407 e. The van der Waals surface area contributed by atoms with E-state index in [-0.39, 0.29) is 5.54 Å². The molecule has 1 heteroatoms. The van der Waals surface area contributed by atoms with Gasteiger partial charge in [-0.15, -0.1) is 0 Å². The first-order valence-corrected chi connectivity index (χ1v) is 5.22. The average Bonchev–Trinajstić information content (AvgIpc) is 2.08. The molecule has 0 spiro atoms. The Morgan fingerprint density at radius 2 is 1.79 bits per heavy atom. The molecule has 1 atom stereocenters. The van der Waals surface area contributed by atoms with Crippen LogP contribution in [-0.4, -0.2) is 0 Å². The van der Waals surface area contributed by atoms with Crippen molar-refractivity contribution in [2.75, 3.05) is 0 Å². The molecule has 1 aromatic rings. The summed E-state index contributed by atoms with van der Waals surface area (Å²) in [6.07, 6.45) is 0. The third-order valence-electron chi connectivity index (χ3n) is 3.17. The first kappa shape index (κ1) is 11.3. The fraction of sp³-hybridized carbons (Fsp3) is 0.538. The molecule has 0 aliphatic carbocycles. The fourth-order valence-corrected chi connectivity index (χ4v) is 1.63. The zero-order chi connectivity index (χ0) is 10.9. The van der Waals surface area contributed by atoms with Crippen molar-refractivity contribution in [3.05, 3.63) is 34.9 Å². The number of hydrogen-bond acceptors (Lipinski definition) is 1. The van der Waals surface area contributed by atoms with E-state index in [2.05, 4.69) is 52.8 Å². The summed E-state index contributed by atoms with van der Waals surface area (Å²) in [6, 6.07) is 6.49. The topological polar surface area (TPSA) is 26.0 Å². The van der Waals surface area contributed by atoms with Crippen LogP contribution in [0.15, 0.2) is 18.2 Å². The molecule has 14 heavy (non-hydrogen) atoms. The maximum Gasteiger partial charge on any atom is 0.0407 e. The van der Waals surface area contributed by atoms with E-state index in [4.69, 9.17) is 5.73 Å². The minimum absolute atomic E-state index is 0.226. The van der Waals surface area contributed by atoms with E-state index in [9.17, 15) is 0 Å². The number of aryl methyl sites for hydroxylation is 2. The third kappa shape index (κ3) is 1.98. The van der Waals surface area contributed by atoms with Crippen molar-refractivity contribution in [3.8, 4) is 0 Å². The first-order valence-electron chi connectivity index (χ1n) is 5.22. The lowest BCUT2D eigenvalue weighted by Gasteiger charge is -2.31. The van der Waals surface area contributed by atoms with E-state index in [0.29, 0.717) is 5.92 Å². The lowest BCUT2D eigenvalue weighted by Crippen LogP contribution is -2.39. The molecule has 0 amide bonds. The molecule has 0 saturated carbocycles. The minimum atomic E-state index is -0.226. The molecule has 0 radical (unpaired) electrons. The van der Waals surface area contributed by atoms with Crippen LogP contribution < -0.4 is 5.73 Å². The van der Waals surface area contributed by atoms with E-state index in [1.165, 1.54) is 16.7 Å². The Morgan fingerprint density at radius 1 is 1.21 bits per heavy atom. The third-order valence-corrected chi connectivity index (χ3v) is 3.17. The number of nitrogens with two attached hydrogens (primary N) is 1. The SMILES string of the molecule is Cc1ccc(C)c(C(C)(N)C(C)C)c1. The summed E-state index contributed by atoms with van der Waals surface area (Å²) in [4.78, 5) is 0. The summed E-state index contributed by atoms with van der Waals surface area (Å²) in [5.74, 6) is 0.447. The lowest BCUT2D eigenvalue weighted by atomic mass is 9.80. The van der Waals surface area contributed by atoms with Gasteiger partial charge in [0.05, 0.1) is 0 Å². The normalized spacial score (nSPS) is 15.6. The summed E-state index contributed by atoms with van der Waals surface area (Å²) >= 11 is 0. The Bertz CT molecular complexity index is 324. The van der Waals surface area contributed by atoms with Crippen molar-refractivity contribution in [2.45, 2.75) is 40.2 Å². The van der Waals surface area contributed by atoms with Crippen molar-refractivity contribution in [1.29, 1.82) is 0 Å². The molecule has 0 aliphatic rings. The zero-order valence-electron chi connectivity index (χ0n) is 9.89. The van der Waals surface area contributed by atoms with Crippen LogP contribution >= 0.6 is 0 Å². The van der Waals surface area contributed by atoms with Gasteiger partial charge in [0.25, 0.3) is 0 Å². The van der Waals surface area contributed by atoms with Crippen LogP contribution in [0.5, 0.6) is 0 Å². The van der Waals surface area contributed by atoms with E-state index in [1.807, 2.05) is 0 Å². The second kappa shape index (κ2) is 3.74. The van der Waals surface area contributed by atoms with Gasteiger partial charge < -0.3 is 5.73 Å². The quantitative estimate of drug-likeness (QED) is 0.763. The van der Waals surface area contributed by atoms with E-state index in [0.717, 1.165) is 0 Å². The Morgan fingerprint density at radius 3 is 2.29 bits per heavy atom. The molecule has 78 valence electrons. The number of hydrogen-bond donors (Lipinski definition) is 1. The van der Waals surface area contributed by atoms with Crippen LogP contribution in [-0.2, 0) is 5.54 Å². The monoisotopic (exact) mass is 191 g/mol. The molecule has 0 fully saturated rings. The van der Waals surface area contributed by atoms with Crippen LogP contribution in [0.25, 0.3) is 0 Å². The molecule has 1 nitrogen and oxygen atoms in total. The summed E-state index contributed by atoms with van der Waals surface area (Å²) in [7, 11) is 0. The van der Waals surface area contributed by atoms with Gasteiger partial charge in [-0.3, -0.25) is 0 Å². The van der Waals surface area contributed by atoms with E-state index >= 15 is 0 Å². The van der Waals surface area contributed by atoms with Crippen molar-refractivity contribution >= 4 is 0 Å². The van der Waals surface area contributed by atoms with Gasteiger partial charge in [0.1, 0.15) is 0 Å². The highest BCUT2D eigenvalue weighted by Crippen LogP contribution is 2.29. The Kier molecular flexibility index (Phi) is 3.01. The summed E-state index contributed by atoms with van der Waals surface area (Å²) in [5.41, 5.74) is 9.96. The molecular weight excluding hydrogens is 170 g/mol. The van der Waals surface area contributed by atoms with Crippen LogP contribution in [0.3, 0.4) is 0 Å². The van der Waals surface area contributed by atoms with Crippen LogP contribution in [0.1, 0.15) is 37.5 Å². The van der Waals surface area contributed by atoms with Gasteiger partial charge >= 0.3 is 0 Å². The molecule has 1 unspecified atom stereocenters. The molecule has 0 aromatic heterocycles. The predicted molar refractivity (Wildman–Crippen MR) is 62.3 cm³/mol. The Balaban J connectivity index is 3.24. The van der Waals surface area contributed by atoms with Gasteiger partial charge in [-0.05, 0) is 37.8 Å². The Hall–Kier alpha value is -0.820. The highest BCUT2D eigenvalue weighted by Gasteiger charge is 2.26. The molecule has 0 bridgehead atoms. The highest BCUT2D eigenvalue weighted by atomic mass is 14.7. The van der Waals surface area contributed by atoms with Crippen molar-refractivity contribution in [3.63, 3.8) is 0 Å². The maximum absolute atomic E-state index is 6.35. The van der Waals surface area contributed by atoms with Crippen LogP contribution in [0, 0.1) is 19.8 Å². The Labute approximate surface area is 87.3 Å².